The zero-order valence-corrected chi connectivity index (χ0v) is 13.6. The summed E-state index contributed by atoms with van der Waals surface area (Å²) in [6.45, 7) is 14.2. The second kappa shape index (κ2) is 6.93. The van der Waals surface area contributed by atoms with Crippen LogP contribution in [0.2, 0.25) is 0 Å². The number of rotatable bonds is 6. The first-order valence-corrected chi connectivity index (χ1v) is 8.11. The maximum Gasteiger partial charge on any atom is 0.00697 e. The minimum absolute atomic E-state index is 0.550. The van der Waals surface area contributed by atoms with Gasteiger partial charge in [-0.1, -0.05) is 41.0 Å². The first-order valence-electron chi connectivity index (χ1n) is 8.11. The zero-order chi connectivity index (χ0) is 13.8. The van der Waals surface area contributed by atoms with E-state index in [0.717, 1.165) is 17.9 Å². The third kappa shape index (κ3) is 4.91. The van der Waals surface area contributed by atoms with E-state index in [-0.39, 0.29) is 0 Å². The van der Waals surface area contributed by atoms with Crippen LogP contribution in [-0.2, 0) is 0 Å². The summed E-state index contributed by atoms with van der Waals surface area (Å²) in [6.07, 6.45) is 8.24. The van der Waals surface area contributed by atoms with Gasteiger partial charge in [0.1, 0.15) is 0 Å². The Labute approximate surface area is 115 Å². The lowest BCUT2D eigenvalue weighted by atomic mass is 9.69. The van der Waals surface area contributed by atoms with Crippen LogP contribution in [0, 0.1) is 17.3 Å². The molecule has 0 bridgehead atoms. The second-order valence-electron chi connectivity index (χ2n) is 7.59. The third-order valence-corrected chi connectivity index (χ3v) is 5.09. The molecule has 0 aromatic rings. The highest BCUT2D eigenvalue weighted by Gasteiger charge is 2.31. The van der Waals surface area contributed by atoms with Crippen LogP contribution in [0.25, 0.3) is 0 Å². The van der Waals surface area contributed by atoms with Crippen molar-refractivity contribution in [1.29, 1.82) is 0 Å². The summed E-state index contributed by atoms with van der Waals surface area (Å²) in [5, 5.41) is 3.84. The lowest BCUT2D eigenvalue weighted by Gasteiger charge is -2.39. The Morgan fingerprint density at radius 1 is 1.06 bits per heavy atom. The maximum absolute atomic E-state index is 3.84. The molecule has 0 radical (unpaired) electrons. The van der Waals surface area contributed by atoms with E-state index in [4.69, 9.17) is 0 Å². The molecule has 0 aromatic heterocycles. The molecule has 0 saturated heterocycles. The molecular weight excluding hydrogens is 218 g/mol. The van der Waals surface area contributed by atoms with E-state index in [1.807, 2.05) is 0 Å². The van der Waals surface area contributed by atoms with Crippen molar-refractivity contribution in [2.24, 2.45) is 17.3 Å². The van der Waals surface area contributed by atoms with Gasteiger partial charge >= 0.3 is 0 Å². The van der Waals surface area contributed by atoms with Crippen molar-refractivity contribution in [3.05, 3.63) is 0 Å². The standard InChI is InChI=1S/C17H35N/c1-7-17(5,6)15-8-10-16(11-9-15)18-14(4)12-13(2)3/h13-16,18H,7-12H2,1-6H3. The van der Waals surface area contributed by atoms with Crippen LogP contribution in [0.5, 0.6) is 0 Å². The monoisotopic (exact) mass is 253 g/mol. The van der Waals surface area contributed by atoms with Gasteiger partial charge in [-0.2, -0.15) is 0 Å². The largest absolute Gasteiger partial charge is 0.311 e. The summed E-state index contributed by atoms with van der Waals surface area (Å²) in [6, 6.07) is 1.47. The number of hydrogen-bond donors (Lipinski definition) is 1. The molecule has 1 heteroatoms. The lowest BCUT2D eigenvalue weighted by Crippen LogP contribution is -2.41. The van der Waals surface area contributed by atoms with Crippen molar-refractivity contribution in [1.82, 2.24) is 5.32 Å². The van der Waals surface area contributed by atoms with Crippen molar-refractivity contribution in [2.75, 3.05) is 0 Å². The van der Waals surface area contributed by atoms with Crippen LogP contribution in [0.4, 0.5) is 0 Å². The molecule has 0 aliphatic heterocycles. The highest BCUT2D eigenvalue weighted by atomic mass is 14.9. The fraction of sp³-hybridized carbons (Fsp3) is 1.00. The average Bonchev–Trinajstić information content (AvgIpc) is 2.28. The van der Waals surface area contributed by atoms with Gasteiger partial charge in [0.2, 0.25) is 0 Å². The van der Waals surface area contributed by atoms with Gasteiger partial charge in [0.05, 0.1) is 0 Å². The quantitative estimate of drug-likeness (QED) is 0.702. The van der Waals surface area contributed by atoms with E-state index >= 15 is 0 Å². The Morgan fingerprint density at radius 3 is 2.06 bits per heavy atom. The van der Waals surface area contributed by atoms with E-state index in [1.165, 1.54) is 38.5 Å². The fourth-order valence-electron chi connectivity index (χ4n) is 3.51. The predicted molar refractivity (Wildman–Crippen MR) is 81.9 cm³/mol. The lowest BCUT2D eigenvalue weighted by molar-refractivity contribution is 0.133. The summed E-state index contributed by atoms with van der Waals surface area (Å²) >= 11 is 0. The molecule has 1 N–H and O–H groups in total. The molecule has 1 rings (SSSR count). The van der Waals surface area contributed by atoms with E-state index < -0.39 is 0 Å². The van der Waals surface area contributed by atoms with Crippen molar-refractivity contribution in [3.8, 4) is 0 Å². The summed E-state index contributed by atoms with van der Waals surface area (Å²) in [4.78, 5) is 0. The molecule has 108 valence electrons. The van der Waals surface area contributed by atoms with Crippen LogP contribution < -0.4 is 5.32 Å². The normalized spacial score (nSPS) is 27.5. The van der Waals surface area contributed by atoms with Gasteiger partial charge in [0.15, 0.2) is 0 Å². The molecular formula is C17H35N. The molecule has 1 fully saturated rings. The van der Waals surface area contributed by atoms with Gasteiger partial charge in [0.25, 0.3) is 0 Å². The summed E-state index contributed by atoms with van der Waals surface area (Å²) < 4.78 is 0. The summed E-state index contributed by atoms with van der Waals surface area (Å²) in [7, 11) is 0. The molecule has 0 aromatic carbocycles. The number of nitrogens with one attached hydrogen (secondary N) is 1. The predicted octanol–water partition coefficient (Wildman–Crippen LogP) is 5.01. The molecule has 0 spiro atoms. The molecule has 1 atom stereocenters. The Hall–Kier alpha value is -0.0400. The van der Waals surface area contributed by atoms with Gasteiger partial charge in [-0.05, 0) is 56.3 Å². The molecule has 1 aliphatic carbocycles. The van der Waals surface area contributed by atoms with Crippen LogP contribution in [0.3, 0.4) is 0 Å². The highest BCUT2D eigenvalue weighted by molar-refractivity contribution is 4.85. The topological polar surface area (TPSA) is 12.0 Å². The van der Waals surface area contributed by atoms with Gasteiger partial charge in [-0.15, -0.1) is 0 Å². The van der Waals surface area contributed by atoms with Crippen LogP contribution in [0.1, 0.15) is 80.1 Å². The third-order valence-electron chi connectivity index (χ3n) is 5.09. The van der Waals surface area contributed by atoms with Crippen molar-refractivity contribution in [3.63, 3.8) is 0 Å². The number of hydrogen-bond acceptors (Lipinski definition) is 1. The molecule has 18 heavy (non-hydrogen) atoms. The van der Waals surface area contributed by atoms with Gasteiger partial charge < -0.3 is 5.32 Å². The average molecular weight is 253 g/mol. The Kier molecular flexibility index (Phi) is 6.17. The fourth-order valence-corrected chi connectivity index (χ4v) is 3.51. The summed E-state index contributed by atoms with van der Waals surface area (Å²) in [5.74, 6) is 1.75. The van der Waals surface area contributed by atoms with Crippen molar-refractivity contribution in [2.45, 2.75) is 92.2 Å². The summed E-state index contributed by atoms with van der Waals surface area (Å²) in [5.41, 5.74) is 0.550. The maximum atomic E-state index is 3.84. The molecule has 1 saturated carbocycles. The molecule has 1 unspecified atom stereocenters. The molecule has 0 heterocycles. The Balaban J connectivity index is 2.31. The second-order valence-corrected chi connectivity index (χ2v) is 7.59. The minimum atomic E-state index is 0.550. The molecule has 1 aliphatic rings. The Morgan fingerprint density at radius 2 is 1.61 bits per heavy atom. The minimum Gasteiger partial charge on any atom is -0.311 e. The van der Waals surface area contributed by atoms with Gasteiger partial charge in [-0.25, -0.2) is 0 Å². The van der Waals surface area contributed by atoms with Gasteiger partial charge in [-0.3, -0.25) is 0 Å². The SMILES string of the molecule is CCC(C)(C)C1CCC(NC(C)CC(C)C)CC1. The van der Waals surface area contributed by atoms with E-state index in [1.54, 1.807) is 0 Å². The Bertz CT molecular complexity index is 224. The zero-order valence-electron chi connectivity index (χ0n) is 13.6. The van der Waals surface area contributed by atoms with Crippen LogP contribution in [0.15, 0.2) is 0 Å². The van der Waals surface area contributed by atoms with E-state index in [0.29, 0.717) is 11.5 Å². The van der Waals surface area contributed by atoms with Gasteiger partial charge in [0, 0.05) is 12.1 Å². The first kappa shape index (κ1) is 16.0. The van der Waals surface area contributed by atoms with Crippen molar-refractivity contribution >= 4 is 0 Å². The van der Waals surface area contributed by atoms with Crippen LogP contribution in [-0.4, -0.2) is 12.1 Å². The van der Waals surface area contributed by atoms with E-state index in [9.17, 15) is 0 Å². The highest BCUT2D eigenvalue weighted by Crippen LogP contribution is 2.40. The van der Waals surface area contributed by atoms with E-state index in [2.05, 4.69) is 46.9 Å². The van der Waals surface area contributed by atoms with Crippen molar-refractivity contribution < 1.29 is 0 Å². The molecule has 1 nitrogen and oxygen atoms in total. The van der Waals surface area contributed by atoms with Crippen LogP contribution >= 0.6 is 0 Å². The first-order chi connectivity index (χ1) is 8.35. The smallest absolute Gasteiger partial charge is 0.00697 e. The molecule has 0 amide bonds.